The lowest BCUT2D eigenvalue weighted by atomic mass is 9.95. The van der Waals surface area contributed by atoms with Crippen LogP contribution >= 0.6 is 11.6 Å². The Labute approximate surface area is 177 Å². The lowest BCUT2D eigenvalue weighted by Gasteiger charge is -2.31. The van der Waals surface area contributed by atoms with Crippen molar-refractivity contribution in [2.24, 2.45) is 5.92 Å². The quantitative estimate of drug-likeness (QED) is 0.463. The molecule has 2 amide bonds. The number of rotatable bonds is 3. The highest BCUT2D eigenvalue weighted by molar-refractivity contribution is 6.31. The van der Waals surface area contributed by atoms with Crippen LogP contribution in [0.5, 0.6) is 0 Å². The molecule has 3 heterocycles. The summed E-state index contributed by atoms with van der Waals surface area (Å²) in [6.45, 7) is 1.10. The summed E-state index contributed by atoms with van der Waals surface area (Å²) in [4.78, 5) is 30.5. The summed E-state index contributed by atoms with van der Waals surface area (Å²) in [5.41, 5.74) is 3.11. The van der Waals surface area contributed by atoms with Gasteiger partial charge in [-0.25, -0.2) is 0 Å². The zero-order valence-electron chi connectivity index (χ0n) is 16.1. The van der Waals surface area contributed by atoms with Gasteiger partial charge in [-0.05, 0) is 55.3 Å². The molecule has 0 radical (unpaired) electrons. The second-order valence-electron chi connectivity index (χ2n) is 7.64. The topological polar surface area (TPSA) is 93.9 Å². The minimum Gasteiger partial charge on any atom is -0.351 e. The minimum absolute atomic E-state index is 0.00908. The van der Waals surface area contributed by atoms with Gasteiger partial charge in [0.1, 0.15) is 5.69 Å². The highest BCUT2D eigenvalue weighted by atomic mass is 35.5. The van der Waals surface area contributed by atoms with Crippen LogP contribution in [0.15, 0.2) is 48.7 Å². The molecule has 30 heavy (non-hydrogen) atoms. The van der Waals surface area contributed by atoms with Gasteiger partial charge < -0.3 is 15.2 Å². The Kier molecular flexibility index (Phi) is 4.67. The van der Waals surface area contributed by atoms with Gasteiger partial charge in [-0.15, -0.1) is 0 Å². The number of anilines is 1. The van der Waals surface area contributed by atoms with Gasteiger partial charge >= 0.3 is 0 Å². The molecular formula is C22H20ClN5O2. The van der Waals surface area contributed by atoms with Crippen LogP contribution < -0.4 is 5.32 Å². The van der Waals surface area contributed by atoms with Gasteiger partial charge in [0, 0.05) is 46.0 Å². The van der Waals surface area contributed by atoms with Gasteiger partial charge in [-0.2, -0.15) is 5.10 Å². The van der Waals surface area contributed by atoms with Crippen LogP contribution in [0, 0.1) is 5.92 Å². The van der Waals surface area contributed by atoms with Crippen LogP contribution in [0.25, 0.3) is 21.8 Å². The van der Waals surface area contributed by atoms with Gasteiger partial charge in [0.2, 0.25) is 5.91 Å². The van der Waals surface area contributed by atoms with E-state index in [0.29, 0.717) is 36.6 Å². The monoisotopic (exact) mass is 421 g/mol. The van der Waals surface area contributed by atoms with Crippen molar-refractivity contribution in [1.29, 1.82) is 0 Å². The summed E-state index contributed by atoms with van der Waals surface area (Å²) in [7, 11) is 0. The summed E-state index contributed by atoms with van der Waals surface area (Å²) < 4.78 is 0. The molecular weight excluding hydrogens is 402 g/mol. The Morgan fingerprint density at radius 3 is 2.67 bits per heavy atom. The smallest absolute Gasteiger partial charge is 0.270 e. The molecule has 5 rings (SSSR count). The molecule has 4 aromatic rings. The molecule has 0 aliphatic carbocycles. The third-order valence-corrected chi connectivity index (χ3v) is 5.91. The number of H-pyrrole nitrogens is 2. The van der Waals surface area contributed by atoms with E-state index < -0.39 is 0 Å². The van der Waals surface area contributed by atoms with Crippen molar-refractivity contribution in [1.82, 2.24) is 20.1 Å². The fourth-order valence-corrected chi connectivity index (χ4v) is 4.18. The van der Waals surface area contributed by atoms with E-state index in [1.807, 2.05) is 36.4 Å². The number of hydrogen-bond acceptors (Lipinski definition) is 3. The van der Waals surface area contributed by atoms with Crippen LogP contribution in [-0.4, -0.2) is 45.0 Å². The molecule has 7 nitrogen and oxygen atoms in total. The normalized spacial score (nSPS) is 15.0. The molecule has 0 unspecified atom stereocenters. The molecule has 1 fully saturated rings. The van der Waals surface area contributed by atoms with Crippen molar-refractivity contribution in [3.8, 4) is 0 Å². The number of likely N-dealkylation sites (tertiary alicyclic amines) is 1. The SMILES string of the molecule is O=C(Nc1ccc2[nH]ncc2c1)C1CCN(C(=O)c2cc3cc(Cl)ccc3[nH]2)CC1. The second kappa shape index (κ2) is 7.50. The van der Waals surface area contributed by atoms with Crippen LogP contribution in [0.1, 0.15) is 23.3 Å². The third kappa shape index (κ3) is 3.52. The molecule has 0 atom stereocenters. The number of carbonyl (C=O) groups is 2. The maximum absolute atomic E-state index is 12.9. The van der Waals surface area contributed by atoms with Crippen molar-refractivity contribution in [3.63, 3.8) is 0 Å². The Morgan fingerprint density at radius 2 is 1.83 bits per heavy atom. The van der Waals surface area contributed by atoms with Gasteiger partial charge in [0.25, 0.3) is 5.91 Å². The van der Waals surface area contributed by atoms with E-state index in [2.05, 4.69) is 20.5 Å². The molecule has 0 spiro atoms. The maximum Gasteiger partial charge on any atom is 0.270 e. The summed E-state index contributed by atoms with van der Waals surface area (Å²) in [6.07, 6.45) is 3.00. The zero-order valence-corrected chi connectivity index (χ0v) is 16.9. The minimum atomic E-state index is -0.115. The number of aromatic amines is 2. The van der Waals surface area contributed by atoms with Gasteiger partial charge in [0.15, 0.2) is 0 Å². The number of nitrogens with zero attached hydrogens (tertiary/aromatic N) is 2. The van der Waals surface area contributed by atoms with Crippen molar-refractivity contribution >= 4 is 50.9 Å². The van der Waals surface area contributed by atoms with E-state index in [9.17, 15) is 9.59 Å². The number of piperidine rings is 1. The molecule has 3 N–H and O–H groups in total. The Bertz CT molecular complexity index is 1250. The molecule has 2 aromatic heterocycles. The maximum atomic E-state index is 12.9. The van der Waals surface area contributed by atoms with Gasteiger partial charge in [0.05, 0.1) is 11.7 Å². The molecule has 1 aliphatic heterocycles. The summed E-state index contributed by atoms with van der Waals surface area (Å²) in [5.74, 6) is -0.174. The number of amides is 2. The lowest BCUT2D eigenvalue weighted by Crippen LogP contribution is -2.41. The predicted octanol–water partition coefficient (Wildman–Crippen LogP) is 4.19. The fourth-order valence-electron chi connectivity index (χ4n) is 4.00. The van der Waals surface area contributed by atoms with Crippen LogP contribution in [0.4, 0.5) is 5.69 Å². The summed E-state index contributed by atoms with van der Waals surface area (Å²) in [5, 5.41) is 12.4. The Balaban J connectivity index is 1.21. The highest BCUT2D eigenvalue weighted by Crippen LogP contribution is 2.24. The Hall–Kier alpha value is -3.32. The van der Waals surface area contributed by atoms with Crippen molar-refractivity contribution in [2.75, 3.05) is 18.4 Å². The van der Waals surface area contributed by atoms with E-state index >= 15 is 0 Å². The van der Waals surface area contributed by atoms with Crippen LogP contribution in [-0.2, 0) is 4.79 Å². The van der Waals surface area contributed by atoms with E-state index in [1.54, 1.807) is 17.2 Å². The third-order valence-electron chi connectivity index (χ3n) is 5.67. The Morgan fingerprint density at radius 1 is 1.03 bits per heavy atom. The van der Waals surface area contributed by atoms with E-state index in [1.165, 1.54) is 0 Å². The average molecular weight is 422 g/mol. The number of fused-ring (bicyclic) bond motifs is 2. The first-order valence-electron chi connectivity index (χ1n) is 9.88. The predicted molar refractivity (Wildman–Crippen MR) is 117 cm³/mol. The number of benzene rings is 2. The average Bonchev–Trinajstić information content (AvgIpc) is 3.39. The lowest BCUT2D eigenvalue weighted by molar-refractivity contribution is -0.121. The van der Waals surface area contributed by atoms with Crippen LogP contribution in [0.2, 0.25) is 5.02 Å². The number of nitrogens with one attached hydrogen (secondary N) is 3. The van der Waals surface area contributed by atoms with Gasteiger partial charge in [-0.1, -0.05) is 11.6 Å². The first-order chi connectivity index (χ1) is 14.6. The molecule has 2 aromatic carbocycles. The first-order valence-corrected chi connectivity index (χ1v) is 10.3. The fraction of sp³-hybridized carbons (Fsp3) is 0.227. The highest BCUT2D eigenvalue weighted by Gasteiger charge is 2.28. The summed E-state index contributed by atoms with van der Waals surface area (Å²) in [6, 6.07) is 13.0. The zero-order chi connectivity index (χ0) is 20.7. The standard InChI is InChI=1S/C22H20ClN5O2/c23-16-1-3-18-14(9-16)11-20(26-18)22(30)28-7-5-13(6-8-28)21(29)25-17-2-4-19-15(10-17)12-24-27-19/h1-4,9-13,26H,5-8H2,(H,24,27)(H,25,29). The number of aromatic nitrogens is 3. The van der Waals surface area contributed by atoms with E-state index in [4.69, 9.17) is 11.6 Å². The number of carbonyl (C=O) groups excluding carboxylic acids is 2. The molecule has 0 bridgehead atoms. The second-order valence-corrected chi connectivity index (χ2v) is 8.08. The number of hydrogen-bond donors (Lipinski definition) is 3. The molecule has 1 saturated heterocycles. The van der Waals surface area contributed by atoms with E-state index in [-0.39, 0.29) is 17.7 Å². The van der Waals surface area contributed by atoms with Crippen molar-refractivity contribution in [3.05, 3.63) is 59.4 Å². The molecule has 8 heteroatoms. The first kappa shape index (κ1) is 18.7. The molecule has 152 valence electrons. The van der Waals surface area contributed by atoms with Crippen LogP contribution in [0.3, 0.4) is 0 Å². The summed E-state index contributed by atoms with van der Waals surface area (Å²) >= 11 is 6.03. The van der Waals surface area contributed by atoms with Crippen molar-refractivity contribution in [2.45, 2.75) is 12.8 Å². The molecule has 1 aliphatic rings. The van der Waals surface area contributed by atoms with E-state index in [0.717, 1.165) is 27.5 Å². The molecule has 0 saturated carbocycles. The number of halogens is 1. The largest absolute Gasteiger partial charge is 0.351 e. The van der Waals surface area contributed by atoms with Crippen molar-refractivity contribution < 1.29 is 9.59 Å². The van der Waals surface area contributed by atoms with Gasteiger partial charge in [-0.3, -0.25) is 14.7 Å².